The van der Waals surface area contributed by atoms with Gasteiger partial charge in [0.25, 0.3) is 0 Å². The molecule has 0 saturated carbocycles. The molecule has 0 saturated heterocycles. The number of ether oxygens (including phenoxy) is 1. The first-order valence-corrected chi connectivity index (χ1v) is 11.0. The number of carboxylic acid groups (broad SMARTS) is 1. The van der Waals surface area contributed by atoms with E-state index in [1.54, 1.807) is 43.5 Å². The number of rotatable bonds is 7. The number of aryl methyl sites for hydroxylation is 2. The van der Waals surface area contributed by atoms with E-state index < -0.39 is 5.97 Å². The van der Waals surface area contributed by atoms with Crippen LogP contribution in [0.15, 0.2) is 66.2 Å². The number of hydrogen-bond acceptors (Lipinski definition) is 6. The number of allylic oxidation sites excluding steroid dienone is 1. The number of benzene rings is 3. The standard InChI is InChI=1S/C26H22N2O4S/c1-15-8-9-19(12-16(15)2)25(29)20(13-17-6-4-5-7-23(17)32-3)24(26(30)31)18-10-11-21-22(14-18)28-33-27-21/h4-12,14H,13H2,1-3H3,(H,30,31). The van der Waals surface area contributed by atoms with Crippen LogP contribution in [0.1, 0.15) is 32.6 Å². The van der Waals surface area contributed by atoms with Crippen LogP contribution < -0.4 is 4.74 Å². The summed E-state index contributed by atoms with van der Waals surface area (Å²) >= 11 is 1.06. The van der Waals surface area contributed by atoms with Crippen LogP contribution in [0.5, 0.6) is 5.75 Å². The van der Waals surface area contributed by atoms with Crippen molar-refractivity contribution >= 4 is 40.1 Å². The minimum absolute atomic E-state index is 0.0564. The second-order valence-corrected chi connectivity index (χ2v) is 8.27. The molecule has 0 aliphatic heterocycles. The van der Waals surface area contributed by atoms with E-state index in [1.807, 2.05) is 38.1 Å². The highest BCUT2D eigenvalue weighted by atomic mass is 32.1. The predicted octanol–water partition coefficient (Wildman–Crippen LogP) is 5.28. The van der Waals surface area contributed by atoms with Gasteiger partial charge in [-0.3, -0.25) is 4.79 Å². The number of Topliss-reactive ketones (excluding diaryl/α,β-unsaturated/α-hetero) is 1. The van der Waals surface area contributed by atoms with Crippen LogP contribution in [-0.2, 0) is 11.2 Å². The summed E-state index contributed by atoms with van der Waals surface area (Å²) in [4.78, 5) is 26.3. The Labute approximate surface area is 195 Å². The number of hydrogen-bond donors (Lipinski definition) is 1. The van der Waals surface area contributed by atoms with Crippen LogP contribution in [0.2, 0.25) is 0 Å². The van der Waals surface area contributed by atoms with Crippen molar-refractivity contribution in [2.45, 2.75) is 20.3 Å². The van der Waals surface area contributed by atoms with Gasteiger partial charge in [-0.15, -0.1) is 0 Å². The molecule has 0 atom stereocenters. The maximum absolute atomic E-state index is 13.8. The number of aromatic nitrogens is 2. The highest BCUT2D eigenvalue weighted by Crippen LogP contribution is 2.30. The summed E-state index contributed by atoms with van der Waals surface area (Å²) in [5, 5.41) is 10.2. The number of carbonyl (C=O) groups is 2. The van der Waals surface area contributed by atoms with E-state index in [-0.39, 0.29) is 23.4 Å². The molecule has 1 heterocycles. The Morgan fingerprint density at radius 2 is 1.64 bits per heavy atom. The Balaban J connectivity index is 1.95. The molecule has 0 fully saturated rings. The molecular weight excluding hydrogens is 436 g/mol. The smallest absolute Gasteiger partial charge is 0.336 e. The summed E-state index contributed by atoms with van der Waals surface area (Å²) in [6.45, 7) is 3.89. The third kappa shape index (κ3) is 4.54. The van der Waals surface area contributed by atoms with Crippen LogP contribution in [0.4, 0.5) is 0 Å². The van der Waals surface area contributed by atoms with Crippen molar-refractivity contribution in [3.8, 4) is 5.75 Å². The second kappa shape index (κ2) is 9.34. The summed E-state index contributed by atoms with van der Waals surface area (Å²) in [6.07, 6.45) is 0.102. The molecule has 0 bridgehead atoms. The van der Waals surface area contributed by atoms with Gasteiger partial charge < -0.3 is 9.84 Å². The molecule has 1 N–H and O–H groups in total. The second-order valence-electron chi connectivity index (χ2n) is 7.74. The van der Waals surface area contributed by atoms with Gasteiger partial charge >= 0.3 is 5.97 Å². The zero-order valence-corrected chi connectivity index (χ0v) is 19.3. The van der Waals surface area contributed by atoms with Crippen LogP contribution in [0, 0.1) is 13.8 Å². The van der Waals surface area contributed by atoms with Crippen molar-refractivity contribution in [1.29, 1.82) is 0 Å². The van der Waals surface area contributed by atoms with E-state index in [0.29, 0.717) is 27.9 Å². The summed E-state index contributed by atoms with van der Waals surface area (Å²) in [6, 6.07) is 17.8. The third-order valence-electron chi connectivity index (χ3n) is 5.66. The lowest BCUT2D eigenvalue weighted by Gasteiger charge is -2.15. The summed E-state index contributed by atoms with van der Waals surface area (Å²) in [7, 11) is 1.55. The van der Waals surface area contributed by atoms with Crippen molar-refractivity contribution < 1.29 is 19.4 Å². The maximum Gasteiger partial charge on any atom is 0.336 e. The van der Waals surface area contributed by atoms with Gasteiger partial charge in [0.2, 0.25) is 0 Å². The molecule has 3 aromatic carbocycles. The minimum Gasteiger partial charge on any atom is -0.496 e. The van der Waals surface area contributed by atoms with Gasteiger partial charge in [-0.2, -0.15) is 8.75 Å². The fourth-order valence-corrected chi connectivity index (χ4v) is 4.26. The highest BCUT2D eigenvalue weighted by Gasteiger charge is 2.25. The zero-order valence-electron chi connectivity index (χ0n) is 18.5. The van der Waals surface area contributed by atoms with Gasteiger partial charge in [0.05, 0.1) is 24.4 Å². The van der Waals surface area contributed by atoms with Gasteiger partial charge in [0, 0.05) is 17.6 Å². The van der Waals surface area contributed by atoms with Crippen molar-refractivity contribution in [3.05, 3.63) is 94.1 Å². The summed E-state index contributed by atoms with van der Waals surface area (Å²) < 4.78 is 13.9. The SMILES string of the molecule is COc1ccccc1CC(C(=O)c1ccc(C)c(C)c1)=C(C(=O)O)c1ccc2nsnc2c1. The maximum atomic E-state index is 13.8. The first-order valence-electron chi connectivity index (χ1n) is 10.3. The fraction of sp³-hybridized carbons (Fsp3) is 0.154. The molecule has 6 nitrogen and oxygen atoms in total. The summed E-state index contributed by atoms with van der Waals surface area (Å²) in [5.41, 5.74) is 4.99. The first kappa shape index (κ1) is 22.4. The Bertz CT molecular complexity index is 1400. The molecule has 0 radical (unpaired) electrons. The van der Waals surface area contributed by atoms with E-state index in [2.05, 4.69) is 8.75 Å². The fourth-order valence-electron chi connectivity index (χ4n) is 3.74. The lowest BCUT2D eigenvalue weighted by molar-refractivity contribution is -0.130. The zero-order chi connectivity index (χ0) is 23.5. The van der Waals surface area contributed by atoms with E-state index in [0.717, 1.165) is 28.4 Å². The Hall–Kier alpha value is -3.84. The molecule has 33 heavy (non-hydrogen) atoms. The number of ketones is 1. The van der Waals surface area contributed by atoms with E-state index in [9.17, 15) is 14.7 Å². The lowest BCUT2D eigenvalue weighted by Crippen LogP contribution is -2.14. The van der Waals surface area contributed by atoms with Crippen molar-refractivity contribution in [2.75, 3.05) is 7.11 Å². The minimum atomic E-state index is -1.18. The van der Waals surface area contributed by atoms with Gasteiger partial charge in [-0.05, 0) is 60.4 Å². The number of methoxy groups -OCH3 is 1. The largest absolute Gasteiger partial charge is 0.496 e. The van der Waals surface area contributed by atoms with Crippen molar-refractivity contribution in [2.24, 2.45) is 0 Å². The molecule has 0 amide bonds. The average Bonchev–Trinajstić information content (AvgIpc) is 3.28. The predicted molar refractivity (Wildman–Crippen MR) is 129 cm³/mol. The molecule has 166 valence electrons. The van der Waals surface area contributed by atoms with E-state index >= 15 is 0 Å². The topological polar surface area (TPSA) is 89.4 Å². The van der Waals surface area contributed by atoms with Crippen LogP contribution >= 0.6 is 11.7 Å². The molecule has 0 spiro atoms. The number of carbonyl (C=O) groups excluding carboxylic acids is 1. The third-order valence-corrected chi connectivity index (χ3v) is 6.22. The molecule has 7 heteroatoms. The van der Waals surface area contributed by atoms with Crippen LogP contribution in [0.25, 0.3) is 16.6 Å². The van der Waals surface area contributed by atoms with Gasteiger partial charge in [-0.25, -0.2) is 4.79 Å². The Morgan fingerprint density at radius 1 is 0.909 bits per heavy atom. The van der Waals surface area contributed by atoms with Gasteiger partial charge in [0.1, 0.15) is 16.8 Å². The number of aliphatic carboxylic acids is 1. The van der Waals surface area contributed by atoms with Crippen molar-refractivity contribution in [1.82, 2.24) is 8.75 Å². The Morgan fingerprint density at radius 3 is 2.36 bits per heavy atom. The number of para-hydroxylation sites is 1. The molecule has 4 aromatic rings. The normalized spacial score (nSPS) is 11.8. The van der Waals surface area contributed by atoms with E-state index in [1.165, 1.54) is 0 Å². The number of carboxylic acids is 1. The van der Waals surface area contributed by atoms with Crippen molar-refractivity contribution in [3.63, 3.8) is 0 Å². The molecule has 0 aliphatic carbocycles. The lowest BCUT2D eigenvalue weighted by atomic mass is 9.88. The molecule has 4 rings (SSSR count). The number of nitrogens with zero attached hydrogens (tertiary/aromatic N) is 2. The quantitative estimate of drug-likeness (QED) is 0.299. The van der Waals surface area contributed by atoms with Gasteiger partial charge in [0.15, 0.2) is 5.78 Å². The van der Waals surface area contributed by atoms with Crippen LogP contribution in [-0.4, -0.2) is 32.7 Å². The molecule has 0 aliphatic rings. The molecule has 1 aromatic heterocycles. The summed E-state index contributed by atoms with van der Waals surface area (Å²) in [5.74, 6) is -0.927. The number of fused-ring (bicyclic) bond motifs is 1. The monoisotopic (exact) mass is 458 g/mol. The average molecular weight is 459 g/mol. The molecule has 0 unspecified atom stereocenters. The first-order chi connectivity index (χ1) is 15.9. The van der Waals surface area contributed by atoms with Crippen LogP contribution in [0.3, 0.4) is 0 Å². The highest BCUT2D eigenvalue weighted by molar-refractivity contribution is 7.00. The Kier molecular flexibility index (Phi) is 6.33. The molecular formula is C26H22N2O4S. The van der Waals surface area contributed by atoms with Gasteiger partial charge in [-0.1, -0.05) is 36.4 Å². The van der Waals surface area contributed by atoms with E-state index in [4.69, 9.17) is 4.74 Å².